The maximum absolute atomic E-state index is 11.2. The number of nitrogens with zero attached hydrogens (tertiary/aromatic N) is 3. The van der Waals surface area contributed by atoms with Gasteiger partial charge in [-0.25, -0.2) is 4.68 Å². The topological polar surface area (TPSA) is 90.4 Å². The first-order valence-corrected chi connectivity index (χ1v) is 6.90. The smallest absolute Gasteiger partial charge is 0.313 e. The molecule has 0 spiro atoms. The summed E-state index contributed by atoms with van der Waals surface area (Å²) in [6.07, 6.45) is 0. The predicted molar refractivity (Wildman–Crippen MR) is 79.5 cm³/mol. The number of aromatic nitrogens is 2. The largest absolute Gasteiger partial charge is 0.431 e. The maximum Gasteiger partial charge on any atom is 0.313 e. The first-order valence-electron chi connectivity index (χ1n) is 6.10. The molecule has 1 aromatic carbocycles. The summed E-state index contributed by atoms with van der Waals surface area (Å²) >= 11 is 3.23. The van der Waals surface area contributed by atoms with E-state index in [0.29, 0.717) is 27.2 Å². The van der Waals surface area contributed by atoms with E-state index in [4.69, 9.17) is 4.74 Å². The molecule has 0 bridgehead atoms. The van der Waals surface area contributed by atoms with Crippen molar-refractivity contribution in [3.05, 3.63) is 43.5 Å². The van der Waals surface area contributed by atoms with Gasteiger partial charge in [-0.1, -0.05) is 15.9 Å². The van der Waals surface area contributed by atoms with Crippen LogP contribution in [0.25, 0.3) is 0 Å². The average Bonchev–Trinajstić information content (AvgIpc) is 2.66. The number of halogens is 1. The molecule has 7 nitrogen and oxygen atoms in total. The molecule has 0 aliphatic rings. The van der Waals surface area contributed by atoms with E-state index in [-0.39, 0.29) is 18.0 Å². The molecular formula is C13H14BrN3O4. The Kier molecular flexibility index (Phi) is 4.29. The van der Waals surface area contributed by atoms with Gasteiger partial charge >= 0.3 is 5.69 Å². The second kappa shape index (κ2) is 5.82. The lowest BCUT2D eigenvalue weighted by molar-refractivity contribution is -0.385. The van der Waals surface area contributed by atoms with Crippen molar-refractivity contribution in [2.75, 3.05) is 0 Å². The van der Waals surface area contributed by atoms with E-state index < -0.39 is 4.92 Å². The van der Waals surface area contributed by atoms with Gasteiger partial charge in [-0.15, -0.1) is 0 Å². The Morgan fingerprint density at radius 3 is 2.71 bits per heavy atom. The van der Waals surface area contributed by atoms with Gasteiger partial charge in [0.2, 0.25) is 11.6 Å². The molecular weight excluding hydrogens is 342 g/mol. The van der Waals surface area contributed by atoms with Gasteiger partial charge in [0.05, 0.1) is 22.8 Å². The zero-order valence-corrected chi connectivity index (χ0v) is 13.3. The van der Waals surface area contributed by atoms with Crippen molar-refractivity contribution in [1.82, 2.24) is 9.78 Å². The number of hydrogen-bond donors (Lipinski definition) is 1. The highest BCUT2D eigenvalue weighted by molar-refractivity contribution is 9.10. The van der Waals surface area contributed by atoms with Crippen molar-refractivity contribution >= 4 is 21.6 Å². The SMILES string of the molecule is Cc1cc(Br)cc([N+](=O)[O-])c1Oc1c(CO)c(C)nn1C. The monoisotopic (exact) mass is 355 g/mol. The van der Waals surface area contributed by atoms with Gasteiger partial charge in [0.1, 0.15) is 0 Å². The standard InChI is InChI=1S/C13H14BrN3O4/c1-7-4-9(14)5-11(17(19)20)12(7)21-13-10(6-18)8(2)15-16(13)3/h4-5,18H,6H2,1-3H3. The Morgan fingerprint density at radius 1 is 1.48 bits per heavy atom. The van der Waals surface area contributed by atoms with Gasteiger partial charge in [0, 0.05) is 23.2 Å². The van der Waals surface area contributed by atoms with E-state index in [1.54, 1.807) is 27.0 Å². The van der Waals surface area contributed by atoms with Gasteiger partial charge in [0.15, 0.2) is 0 Å². The Morgan fingerprint density at radius 2 is 2.14 bits per heavy atom. The summed E-state index contributed by atoms with van der Waals surface area (Å²) in [5.74, 6) is 0.435. The fourth-order valence-corrected chi connectivity index (χ4v) is 2.63. The van der Waals surface area contributed by atoms with E-state index in [9.17, 15) is 15.2 Å². The number of nitro benzene ring substituents is 1. The predicted octanol–water partition coefficient (Wildman–Crippen LogP) is 2.99. The van der Waals surface area contributed by atoms with Crippen LogP contribution in [0.15, 0.2) is 16.6 Å². The Balaban J connectivity index is 2.57. The Labute approximate surface area is 129 Å². The zero-order valence-electron chi connectivity index (χ0n) is 11.8. The number of ether oxygens (including phenoxy) is 1. The lowest BCUT2D eigenvalue weighted by atomic mass is 10.2. The maximum atomic E-state index is 11.2. The van der Waals surface area contributed by atoms with Gasteiger partial charge in [-0.05, 0) is 19.9 Å². The van der Waals surface area contributed by atoms with Crippen molar-refractivity contribution < 1.29 is 14.8 Å². The summed E-state index contributed by atoms with van der Waals surface area (Å²) in [4.78, 5) is 10.7. The molecule has 0 saturated carbocycles. The molecule has 112 valence electrons. The van der Waals surface area contributed by atoms with Crippen LogP contribution in [0.1, 0.15) is 16.8 Å². The van der Waals surface area contributed by atoms with Crippen LogP contribution in [0.5, 0.6) is 11.6 Å². The first-order chi connectivity index (χ1) is 9.85. The molecule has 1 aromatic heterocycles. The van der Waals surface area contributed by atoms with Crippen LogP contribution >= 0.6 is 15.9 Å². The van der Waals surface area contributed by atoms with Gasteiger partial charge < -0.3 is 9.84 Å². The van der Waals surface area contributed by atoms with Gasteiger partial charge in [-0.2, -0.15) is 5.10 Å². The van der Waals surface area contributed by atoms with Crippen molar-refractivity contribution in [2.24, 2.45) is 7.05 Å². The molecule has 2 rings (SSSR count). The van der Waals surface area contributed by atoms with E-state index in [2.05, 4.69) is 21.0 Å². The third kappa shape index (κ3) is 2.91. The quantitative estimate of drug-likeness (QED) is 0.672. The van der Waals surface area contributed by atoms with Crippen molar-refractivity contribution in [3.63, 3.8) is 0 Å². The Bertz CT molecular complexity index is 712. The van der Waals surface area contributed by atoms with Gasteiger partial charge in [0.25, 0.3) is 0 Å². The van der Waals surface area contributed by atoms with Crippen LogP contribution in [0.2, 0.25) is 0 Å². The van der Waals surface area contributed by atoms with E-state index in [0.717, 1.165) is 0 Å². The molecule has 0 radical (unpaired) electrons. The molecule has 0 aliphatic heterocycles. The normalized spacial score (nSPS) is 10.7. The molecule has 1 N–H and O–H groups in total. The number of aliphatic hydroxyl groups excluding tert-OH is 1. The fraction of sp³-hybridized carbons (Fsp3) is 0.308. The number of rotatable bonds is 4. The first kappa shape index (κ1) is 15.5. The molecule has 0 aliphatic carbocycles. The van der Waals surface area contributed by atoms with Crippen LogP contribution < -0.4 is 4.74 Å². The lowest BCUT2D eigenvalue weighted by Gasteiger charge is -2.11. The molecule has 0 unspecified atom stereocenters. The summed E-state index contributed by atoms with van der Waals surface area (Å²) < 4.78 is 7.76. The van der Waals surface area contributed by atoms with Gasteiger partial charge in [-0.3, -0.25) is 10.1 Å². The summed E-state index contributed by atoms with van der Waals surface area (Å²) in [7, 11) is 1.65. The summed E-state index contributed by atoms with van der Waals surface area (Å²) in [6, 6.07) is 3.11. The van der Waals surface area contributed by atoms with Crippen LogP contribution in [0, 0.1) is 24.0 Å². The van der Waals surface area contributed by atoms with Crippen LogP contribution in [-0.2, 0) is 13.7 Å². The van der Waals surface area contributed by atoms with Crippen LogP contribution in [0.3, 0.4) is 0 Å². The molecule has 8 heteroatoms. The third-order valence-corrected chi connectivity index (χ3v) is 3.52. The number of nitro groups is 1. The molecule has 0 fully saturated rings. The fourth-order valence-electron chi connectivity index (χ4n) is 2.07. The molecule has 1 heterocycles. The zero-order chi connectivity index (χ0) is 15.7. The third-order valence-electron chi connectivity index (χ3n) is 3.06. The summed E-state index contributed by atoms with van der Waals surface area (Å²) in [5, 5.41) is 24.8. The summed E-state index contributed by atoms with van der Waals surface area (Å²) in [5.41, 5.74) is 1.59. The van der Waals surface area contributed by atoms with E-state index >= 15 is 0 Å². The van der Waals surface area contributed by atoms with Crippen LogP contribution in [-0.4, -0.2) is 19.8 Å². The number of benzene rings is 1. The van der Waals surface area contributed by atoms with Crippen molar-refractivity contribution in [2.45, 2.75) is 20.5 Å². The van der Waals surface area contributed by atoms with E-state index in [1.165, 1.54) is 10.7 Å². The average molecular weight is 356 g/mol. The van der Waals surface area contributed by atoms with Crippen molar-refractivity contribution in [3.8, 4) is 11.6 Å². The summed E-state index contributed by atoms with van der Waals surface area (Å²) in [6.45, 7) is 3.20. The minimum atomic E-state index is -0.505. The van der Waals surface area contributed by atoms with E-state index in [1.807, 2.05) is 0 Å². The van der Waals surface area contributed by atoms with Crippen LogP contribution in [0.4, 0.5) is 5.69 Å². The Hall–Kier alpha value is -1.93. The lowest BCUT2D eigenvalue weighted by Crippen LogP contribution is -2.01. The highest BCUT2D eigenvalue weighted by atomic mass is 79.9. The molecule has 2 aromatic rings. The minimum absolute atomic E-state index is 0.140. The molecule has 0 atom stereocenters. The number of hydrogen-bond acceptors (Lipinski definition) is 5. The number of aryl methyl sites for hydroxylation is 3. The highest BCUT2D eigenvalue weighted by Crippen LogP contribution is 2.38. The molecule has 21 heavy (non-hydrogen) atoms. The minimum Gasteiger partial charge on any atom is -0.431 e. The molecule has 0 saturated heterocycles. The highest BCUT2D eigenvalue weighted by Gasteiger charge is 2.23. The number of aliphatic hydroxyl groups is 1. The second-order valence-corrected chi connectivity index (χ2v) is 5.50. The second-order valence-electron chi connectivity index (χ2n) is 4.58. The molecule has 0 amide bonds. The van der Waals surface area contributed by atoms with Crippen molar-refractivity contribution in [1.29, 1.82) is 0 Å².